The van der Waals surface area contributed by atoms with E-state index in [2.05, 4.69) is 15.5 Å². The Bertz CT molecular complexity index is 1500. The first-order valence-electron chi connectivity index (χ1n) is 10.4. The summed E-state index contributed by atoms with van der Waals surface area (Å²) in [4.78, 5) is 27.0. The Labute approximate surface area is 198 Å². The molecule has 0 bridgehead atoms. The molecular formula is C24H21N5O2S2. The van der Waals surface area contributed by atoms with Gasteiger partial charge in [0.15, 0.2) is 5.16 Å². The zero-order chi connectivity index (χ0) is 22.9. The van der Waals surface area contributed by atoms with Gasteiger partial charge < -0.3 is 5.32 Å². The van der Waals surface area contributed by atoms with Crippen LogP contribution in [0.25, 0.3) is 22.4 Å². The molecule has 0 spiro atoms. The van der Waals surface area contributed by atoms with Gasteiger partial charge in [-0.15, -0.1) is 21.5 Å². The van der Waals surface area contributed by atoms with Crippen LogP contribution in [0.5, 0.6) is 0 Å². The van der Waals surface area contributed by atoms with Crippen molar-refractivity contribution < 1.29 is 4.79 Å². The van der Waals surface area contributed by atoms with E-state index >= 15 is 0 Å². The van der Waals surface area contributed by atoms with Gasteiger partial charge in [-0.3, -0.25) is 14.0 Å². The number of hydrogen-bond acceptors (Lipinski definition) is 6. The van der Waals surface area contributed by atoms with E-state index in [-0.39, 0.29) is 23.3 Å². The lowest BCUT2D eigenvalue weighted by Gasteiger charge is -2.13. The molecule has 0 fully saturated rings. The van der Waals surface area contributed by atoms with E-state index in [1.54, 1.807) is 22.0 Å². The van der Waals surface area contributed by atoms with Crippen LogP contribution < -0.4 is 10.9 Å². The van der Waals surface area contributed by atoms with E-state index in [0.717, 1.165) is 10.4 Å². The van der Waals surface area contributed by atoms with Crippen LogP contribution in [-0.2, 0) is 4.79 Å². The predicted octanol–water partition coefficient (Wildman–Crippen LogP) is 4.37. The number of thioether (sulfide) groups is 1. The smallest absolute Gasteiger partial charge is 0.267 e. The topological polar surface area (TPSA) is 81.3 Å². The Morgan fingerprint density at radius 1 is 1.09 bits per heavy atom. The van der Waals surface area contributed by atoms with Crippen LogP contribution >= 0.6 is 23.1 Å². The molecule has 3 aromatic heterocycles. The SMILES string of the molecule is Cc1ccc(-n2c(=O)c3ccccc3n3c(SCC(=O)NC(C)c4cccs4)nnc23)cc1. The summed E-state index contributed by atoms with van der Waals surface area (Å²) in [6, 6.07) is 19.0. The first kappa shape index (κ1) is 21.4. The maximum Gasteiger partial charge on any atom is 0.267 e. The molecule has 0 aliphatic carbocycles. The summed E-state index contributed by atoms with van der Waals surface area (Å²) >= 11 is 2.91. The minimum Gasteiger partial charge on any atom is -0.348 e. The first-order chi connectivity index (χ1) is 16.0. The van der Waals surface area contributed by atoms with Gasteiger partial charge in [0.25, 0.3) is 5.56 Å². The molecule has 0 aliphatic rings. The minimum atomic E-state index is -0.159. The van der Waals surface area contributed by atoms with E-state index in [1.165, 1.54) is 11.8 Å². The van der Waals surface area contributed by atoms with Gasteiger partial charge in [-0.1, -0.05) is 47.7 Å². The molecule has 0 radical (unpaired) electrons. The van der Waals surface area contributed by atoms with Gasteiger partial charge in [-0.25, -0.2) is 4.57 Å². The molecule has 3 heterocycles. The van der Waals surface area contributed by atoms with Crippen molar-refractivity contribution in [2.75, 3.05) is 5.75 Å². The van der Waals surface area contributed by atoms with Crippen LogP contribution in [0.15, 0.2) is 76.0 Å². The highest BCUT2D eigenvalue weighted by molar-refractivity contribution is 7.99. The lowest BCUT2D eigenvalue weighted by atomic mass is 10.2. The number of carbonyl (C=O) groups is 1. The number of para-hydroxylation sites is 1. The maximum absolute atomic E-state index is 13.3. The van der Waals surface area contributed by atoms with Crippen molar-refractivity contribution in [3.05, 3.63) is 86.8 Å². The van der Waals surface area contributed by atoms with Gasteiger partial charge in [0.1, 0.15) is 0 Å². The molecular weight excluding hydrogens is 454 g/mol. The fourth-order valence-corrected chi connectivity index (χ4v) is 5.21. The first-order valence-corrected chi connectivity index (χ1v) is 12.3. The van der Waals surface area contributed by atoms with Crippen LogP contribution in [0.3, 0.4) is 0 Å². The van der Waals surface area contributed by atoms with Crippen molar-refractivity contribution in [2.24, 2.45) is 0 Å². The Hall–Kier alpha value is -3.43. The third-order valence-corrected chi connectivity index (χ3v) is 7.35. The second-order valence-electron chi connectivity index (χ2n) is 7.70. The molecule has 0 aliphatic heterocycles. The molecule has 33 heavy (non-hydrogen) atoms. The number of carbonyl (C=O) groups excluding carboxylic acids is 1. The number of nitrogens with zero attached hydrogens (tertiary/aromatic N) is 4. The highest BCUT2D eigenvalue weighted by atomic mass is 32.2. The van der Waals surface area contributed by atoms with E-state index in [0.29, 0.717) is 27.5 Å². The summed E-state index contributed by atoms with van der Waals surface area (Å²) in [5.74, 6) is 0.514. The standard InChI is InChI=1S/C24H21N5O2S2/c1-15-9-11-17(12-10-15)28-22(31)18-6-3-4-7-19(18)29-23(28)26-27-24(29)33-14-21(30)25-16(2)20-8-5-13-32-20/h3-13,16H,14H2,1-2H3,(H,25,30). The highest BCUT2D eigenvalue weighted by Crippen LogP contribution is 2.24. The van der Waals surface area contributed by atoms with Crippen LogP contribution in [0.2, 0.25) is 0 Å². The summed E-state index contributed by atoms with van der Waals surface area (Å²) in [6.07, 6.45) is 0. The van der Waals surface area contributed by atoms with Gasteiger partial charge in [-0.2, -0.15) is 0 Å². The monoisotopic (exact) mass is 475 g/mol. The van der Waals surface area contributed by atoms with Crippen LogP contribution in [0, 0.1) is 6.92 Å². The summed E-state index contributed by atoms with van der Waals surface area (Å²) in [5, 5.41) is 14.8. The van der Waals surface area contributed by atoms with Crippen molar-refractivity contribution in [2.45, 2.75) is 25.0 Å². The molecule has 5 aromatic rings. The van der Waals surface area contributed by atoms with E-state index in [9.17, 15) is 9.59 Å². The number of thiophene rings is 1. The van der Waals surface area contributed by atoms with Crippen molar-refractivity contribution in [3.8, 4) is 5.69 Å². The Kier molecular flexibility index (Phi) is 5.74. The number of benzene rings is 2. The normalized spacial score (nSPS) is 12.3. The molecule has 2 aromatic carbocycles. The van der Waals surface area contributed by atoms with Gasteiger partial charge >= 0.3 is 0 Å². The highest BCUT2D eigenvalue weighted by Gasteiger charge is 2.19. The quantitative estimate of drug-likeness (QED) is 0.369. The molecule has 1 amide bonds. The Morgan fingerprint density at radius 2 is 1.88 bits per heavy atom. The molecule has 5 rings (SSSR count). The lowest BCUT2D eigenvalue weighted by Crippen LogP contribution is -2.27. The van der Waals surface area contributed by atoms with E-state index in [1.807, 2.05) is 78.2 Å². The summed E-state index contributed by atoms with van der Waals surface area (Å²) in [5.41, 5.74) is 2.37. The maximum atomic E-state index is 13.3. The third-order valence-electron chi connectivity index (χ3n) is 5.37. The van der Waals surface area contributed by atoms with Crippen LogP contribution in [-0.4, -0.2) is 30.8 Å². The van der Waals surface area contributed by atoms with Crippen molar-refractivity contribution in [1.29, 1.82) is 0 Å². The van der Waals surface area contributed by atoms with E-state index < -0.39 is 0 Å². The largest absolute Gasteiger partial charge is 0.348 e. The molecule has 7 nitrogen and oxygen atoms in total. The van der Waals surface area contributed by atoms with Crippen molar-refractivity contribution >= 4 is 45.7 Å². The van der Waals surface area contributed by atoms with Crippen molar-refractivity contribution in [1.82, 2.24) is 24.5 Å². The fourth-order valence-electron chi connectivity index (χ4n) is 3.72. The number of fused-ring (bicyclic) bond motifs is 3. The number of aromatic nitrogens is 4. The van der Waals surface area contributed by atoms with Crippen LogP contribution in [0.1, 0.15) is 23.4 Å². The molecule has 166 valence electrons. The summed E-state index contributed by atoms with van der Waals surface area (Å²) < 4.78 is 3.41. The average Bonchev–Trinajstić information content (AvgIpc) is 3.50. The number of amides is 1. The lowest BCUT2D eigenvalue weighted by molar-refractivity contribution is -0.119. The summed E-state index contributed by atoms with van der Waals surface area (Å²) in [6.45, 7) is 3.97. The molecule has 1 N–H and O–H groups in total. The number of nitrogens with one attached hydrogen (secondary N) is 1. The molecule has 1 unspecified atom stereocenters. The zero-order valence-electron chi connectivity index (χ0n) is 18.1. The van der Waals surface area contributed by atoms with Gasteiger partial charge in [0.05, 0.1) is 28.4 Å². The zero-order valence-corrected chi connectivity index (χ0v) is 19.7. The molecule has 9 heteroatoms. The van der Waals surface area contributed by atoms with Gasteiger partial charge in [-0.05, 0) is 49.6 Å². The fraction of sp³-hybridized carbons (Fsp3) is 0.167. The minimum absolute atomic E-state index is 0.0548. The third kappa shape index (κ3) is 4.05. The van der Waals surface area contributed by atoms with Gasteiger partial charge in [0.2, 0.25) is 11.7 Å². The summed E-state index contributed by atoms with van der Waals surface area (Å²) in [7, 11) is 0. The molecule has 1 atom stereocenters. The average molecular weight is 476 g/mol. The van der Waals surface area contributed by atoms with Gasteiger partial charge in [0, 0.05) is 4.88 Å². The predicted molar refractivity (Wildman–Crippen MR) is 132 cm³/mol. The van der Waals surface area contributed by atoms with Crippen molar-refractivity contribution in [3.63, 3.8) is 0 Å². The Morgan fingerprint density at radius 3 is 2.64 bits per heavy atom. The molecule has 0 saturated carbocycles. The molecule has 0 saturated heterocycles. The number of aryl methyl sites for hydroxylation is 1. The second-order valence-corrected chi connectivity index (χ2v) is 9.63. The Balaban J connectivity index is 1.52. The van der Waals surface area contributed by atoms with E-state index in [4.69, 9.17) is 0 Å². The second kappa shape index (κ2) is 8.84. The number of hydrogen-bond donors (Lipinski definition) is 1. The number of rotatable bonds is 6. The van der Waals surface area contributed by atoms with Crippen LogP contribution in [0.4, 0.5) is 0 Å².